The monoisotopic (exact) mass is 301 g/mol. The molecular formula is C16H16ClN3O. The van der Waals surface area contributed by atoms with Crippen molar-refractivity contribution in [3.05, 3.63) is 53.2 Å². The lowest BCUT2D eigenvalue weighted by molar-refractivity contribution is 0.301. The molecule has 2 aromatic carbocycles. The molecule has 0 aliphatic heterocycles. The van der Waals surface area contributed by atoms with E-state index in [1.165, 1.54) is 0 Å². The van der Waals surface area contributed by atoms with E-state index in [1.54, 1.807) is 18.2 Å². The number of fused-ring (bicyclic) bond motifs is 1. The van der Waals surface area contributed by atoms with Crippen LogP contribution in [0, 0.1) is 0 Å². The van der Waals surface area contributed by atoms with Crippen LogP contribution in [0.1, 0.15) is 12.6 Å². The first-order valence-electron chi connectivity index (χ1n) is 6.81. The van der Waals surface area contributed by atoms with Gasteiger partial charge in [-0.15, -0.1) is 0 Å². The zero-order valence-electron chi connectivity index (χ0n) is 11.7. The van der Waals surface area contributed by atoms with Gasteiger partial charge in [0, 0.05) is 17.6 Å². The fourth-order valence-electron chi connectivity index (χ4n) is 2.32. The summed E-state index contributed by atoms with van der Waals surface area (Å²) in [5.74, 6) is 0.612. The first kappa shape index (κ1) is 13.8. The van der Waals surface area contributed by atoms with Crippen LogP contribution < -0.4 is 10.5 Å². The number of nitrogens with two attached hydrogens (primary N) is 1. The fraction of sp³-hybridized carbons (Fsp3) is 0.188. The molecular weight excluding hydrogens is 286 g/mol. The molecule has 0 atom stereocenters. The van der Waals surface area contributed by atoms with Crippen molar-refractivity contribution in [3.63, 3.8) is 0 Å². The number of nitrogen functional groups attached to an aromatic ring is 1. The molecule has 21 heavy (non-hydrogen) atoms. The summed E-state index contributed by atoms with van der Waals surface area (Å²) in [6.07, 6.45) is 0. The summed E-state index contributed by atoms with van der Waals surface area (Å²) in [5, 5.41) is 6.21. The highest BCUT2D eigenvalue weighted by Crippen LogP contribution is 2.28. The lowest BCUT2D eigenvalue weighted by Crippen LogP contribution is -2.00. The molecule has 3 aromatic rings. The van der Waals surface area contributed by atoms with Crippen LogP contribution >= 0.6 is 11.6 Å². The molecule has 0 amide bonds. The molecule has 0 aliphatic carbocycles. The Bertz CT molecular complexity index is 782. The van der Waals surface area contributed by atoms with Gasteiger partial charge in [-0.05, 0) is 31.2 Å². The summed E-state index contributed by atoms with van der Waals surface area (Å²) < 4.78 is 7.75. The summed E-state index contributed by atoms with van der Waals surface area (Å²) in [5.41, 5.74) is 8.31. The van der Waals surface area contributed by atoms with Crippen LogP contribution in [0.15, 0.2) is 42.5 Å². The predicted molar refractivity (Wildman–Crippen MR) is 85.6 cm³/mol. The number of hydrogen-bond donors (Lipinski definition) is 1. The molecule has 1 aromatic heterocycles. The lowest BCUT2D eigenvalue weighted by Gasteiger charge is -2.07. The second-order valence-electron chi connectivity index (χ2n) is 4.76. The topological polar surface area (TPSA) is 53.1 Å². The maximum Gasteiger partial charge on any atom is 0.138 e. The van der Waals surface area contributed by atoms with Gasteiger partial charge in [-0.25, -0.2) is 0 Å². The maximum atomic E-state index is 6.12. The molecule has 2 N–H and O–H groups in total. The largest absolute Gasteiger partial charge is 0.486 e. The van der Waals surface area contributed by atoms with Crippen molar-refractivity contribution in [1.82, 2.24) is 9.78 Å². The minimum atomic E-state index is 0.372. The molecule has 0 fully saturated rings. The van der Waals surface area contributed by atoms with Gasteiger partial charge in [0.2, 0.25) is 0 Å². The zero-order valence-corrected chi connectivity index (χ0v) is 12.5. The third kappa shape index (κ3) is 2.67. The van der Waals surface area contributed by atoms with E-state index in [-0.39, 0.29) is 0 Å². The molecule has 5 heteroatoms. The highest BCUT2D eigenvalue weighted by Gasteiger charge is 2.10. The number of aromatic nitrogens is 2. The average molecular weight is 302 g/mol. The zero-order chi connectivity index (χ0) is 14.8. The SMILES string of the molecule is CCn1nc(COc2ccc(N)cc2Cl)c2ccccc21. The Labute approximate surface area is 128 Å². The number of para-hydroxylation sites is 1. The van der Waals surface area contributed by atoms with Crippen LogP contribution in [0.5, 0.6) is 5.75 Å². The van der Waals surface area contributed by atoms with Crippen molar-refractivity contribution in [2.45, 2.75) is 20.1 Å². The number of aryl methyl sites for hydroxylation is 1. The second kappa shape index (κ2) is 5.66. The van der Waals surface area contributed by atoms with Crippen molar-refractivity contribution in [2.24, 2.45) is 0 Å². The number of hydrogen-bond acceptors (Lipinski definition) is 3. The highest BCUT2D eigenvalue weighted by molar-refractivity contribution is 6.32. The number of anilines is 1. The lowest BCUT2D eigenvalue weighted by atomic mass is 10.2. The van der Waals surface area contributed by atoms with E-state index in [9.17, 15) is 0 Å². The molecule has 0 aliphatic rings. The summed E-state index contributed by atoms with van der Waals surface area (Å²) in [6.45, 7) is 3.27. The number of rotatable bonds is 4. The smallest absolute Gasteiger partial charge is 0.138 e. The Balaban J connectivity index is 1.88. The molecule has 1 heterocycles. The number of ether oxygens (including phenoxy) is 1. The Morgan fingerprint density at radius 3 is 2.81 bits per heavy atom. The second-order valence-corrected chi connectivity index (χ2v) is 5.17. The average Bonchev–Trinajstić information content (AvgIpc) is 2.85. The third-order valence-electron chi connectivity index (χ3n) is 3.35. The van der Waals surface area contributed by atoms with Gasteiger partial charge < -0.3 is 10.5 Å². The van der Waals surface area contributed by atoms with Gasteiger partial charge in [-0.2, -0.15) is 5.10 Å². The van der Waals surface area contributed by atoms with E-state index in [1.807, 2.05) is 16.8 Å². The molecule has 3 rings (SSSR count). The van der Waals surface area contributed by atoms with Gasteiger partial charge in [0.15, 0.2) is 0 Å². The number of nitrogens with zero attached hydrogens (tertiary/aromatic N) is 2. The van der Waals surface area contributed by atoms with Gasteiger partial charge in [0.1, 0.15) is 18.1 Å². The predicted octanol–water partition coefficient (Wildman–Crippen LogP) is 3.87. The van der Waals surface area contributed by atoms with Crippen LogP contribution in [-0.4, -0.2) is 9.78 Å². The Morgan fingerprint density at radius 1 is 1.24 bits per heavy atom. The van der Waals surface area contributed by atoms with Crippen molar-refractivity contribution < 1.29 is 4.74 Å². The van der Waals surface area contributed by atoms with Crippen LogP contribution in [0.25, 0.3) is 10.9 Å². The van der Waals surface area contributed by atoms with Crippen molar-refractivity contribution in [3.8, 4) is 5.75 Å². The van der Waals surface area contributed by atoms with Crippen LogP contribution in [0.3, 0.4) is 0 Å². The fourth-order valence-corrected chi connectivity index (χ4v) is 2.57. The Morgan fingerprint density at radius 2 is 2.05 bits per heavy atom. The molecule has 0 bridgehead atoms. The molecule has 0 saturated heterocycles. The van der Waals surface area contributed by atoms with E-state index in [4.69, 9.17) is 22.1 Å². The third-order valence-corrected chi connectivity index (χ3v) is 3.65. The van der Waals surface area contributed by atoms with Crippen molar-refractivity contribution in [1.29, 1.82) is 0 Å². The van der Waals surface area contributed by atoms with E-state index >= 15 is 0 Å². The minimum absolute atomic E-state index is 0.372. The summed E-state index contributed by atoms with van der Waals surface area (Å²) in [6, 6.07) is 13.4. The van der Waals surface area contributed by atoms with Crippen LogP contribution in [0.2, 0.25) is 5.02 Å². The first-order valence-corrected chi connectivity index (χ1v) is 7.19. The van der Waals surface area contributed by atoms with Gasteiger partial charge in [0.05, 0.1) is 10.5 Å². The molecule has 108 valence electrons. The number of halogens is 1. The van der Waals surface area contributed by atoms with Crippen molar-refractivity contribution >= 4 is 28.2 Å². The van der Waals surface area contributed by atoms with E-state index < -0.39 is 0 Å². The summed E-state index contributed by atoms with van der Waals surface area (Å²) in [7, 11) is 0. The Hall–Kier alpha value is -2.20. The van der Waals surface area contributed by atoms with Gasteiger partial charge in [-0.1, -0.05) is 29.8 Å². The minimum Gasteiger partial charge on any atom is -0.486 e. The van der Waals surface area contributed by atoms with E-state index in [0.717, 1.165) is 23.1 Å². The molecule has 0 spiro atoms. The molecule has 0 radical (unpaired) electrons. The van der Waals surface area contributed by atoms with Crippen LogP contribution in [0.4, 0.5) is 5.69 Å². The van der Waals surface area contributed by atoms with Gasteiger partial charge in [0.25, 0.3) is 0 Å². The molecule has 4 nitrogen and oxygen atoms in total. The summed E-state index contributed by atoms with van der Waals surface area (Å²) in [4.78, 5) is 0. The number of benzene rings is 2. The summed E-state index contributed by atoms with van der Waals surface area (Å²) >= 11 is 6.12. The quantitative estimate of drug-likeness (QED) is 0.744. The normalized spacial score (nSPS) is 11.0. The highest BCUT2D eigenvalue weighted by atomic mass is 35.5. The maximum absolute atomic E-state index is 6.12. The standard InChI is InChI=1S/C16H16ClN3O/c1-2-20-15-6-4-3-5-12(15)14(19-20)10-21-16-8-7-11(18)9-13(16)17/h3-9H,2,10,18H2,1H3. The van der Waals surface area contributed by atoms with E-state index in [0.29, 0.717) is 23.1 Å². The van der Waals surface area contributed by atoms with E-state index in [2.05, 4.69) is 24.2 Å². The van der Waals surface area contributed by atoms with Gasteiger partial charge >= 0.3 is 0 Å². The Kier molecular flexibility index (Phi) is 3.71. The molecule has 0 saturated carbocycles. The first-order chi connectivity index (χ1) is 10.2. The van der Waals surface area contributed by atoms with Gasteiger partial charge in [-0.3, -0.25) is 4.68 Å². The molecule has 0 unspecified atom stereocenters. The van der Waals surface area contributed by atoms with Crippen LogP contribution in [-0.2, 0) is 13.2 Å². The van der Waals surface area contributed by atoms with Crippen molar-refractivity contribution in [2.75, 3.05) is 5.73 Å².